The SMILES string of the molecule is O=C(CN1CCO[C@](CO)(Cc2cccc(F)c2)C1)Nc1ccccn1. The Morgan fingerprint density at radius 2 is 2.23 bits per heavy atom. The molecule has 0 spiro atoms. The number of nitrogens with zero attached hydrogens (tertiary/aromatic N) is 2. The fraction of sp³-hybridized carbons (Fsp3) is 0.368. The van der Waals surface area contributed by atoms with Crippen LogP contribution >= 0.6 is 0 Å². The van der Waals surface area contributed by atoms with Gasteiger partial charge in [0.25, 0.3) is 0 Å². The standard InChI is InChI=1S/C19H22FN3O3/c20-16-5-3-4-15(10-16)11-19(14-24)13-23(8-9-26-19)12-18(25)22-17-6-1-2-7-21-17/h1-7,10,24H,8-9,11-14H2,(H,21,22,25)/t19-/m1/s1. The Kier molecular flexibility index (Phi) is 5.92. The predicted molar refractivity (Wildman–Crippen MR) is 95.2 cm³/mol. The number of aliphatic hydroxyl groups is 1. The van der Waals surface area contributed by atoms with E-state index in [1.54, 1.807) is 36.5 Å². The Labute approximate surface area is 151 Å². The molecular formula is C19H22FN3O3. The highest BCUT2D eigenvalue weighted by molar-refractivity contribution is 5.91. The van der Waals surface area contributed by atoms with Gasteiger partial charge in [0, 0.05) is 25.7 Å². The molecule has 0 saturated carbocycles. The maximum atomic E-state index is 13.4. The molecule has 0 unspecified atom stereocenters. The lowest BCUT2D eigenvalue weighted by Gasteiger charge is -2.41. The first-order chi connectivity index (χ1) is 12.6. The first-order valence-corrected chi connectivity index (χ1v) is 8.51. The second-order valence-corrected chi connectivity index (χ2v) is 6.47. The van der Waals surface area contributed by atoms with Crippen molar-refractivity contribution < 1.29 is 19.0 Å². The fourth-order valence-electron chi connectivity index (χ4n) is 3.16. The van der Waals surface area contributed by atoms with Crippen molar-refractivity contribution in [1.82, 2.24) is 9.88 Å². The number of aliphatic hydroxyl groups excluding tert-OH is 1. The lowest BCUT2D eigenvalue weighted by molar-refractivity contribution is -0.138. The Morgan fingerprint density at radius 1 is 1.35 bits per heavy atom. The minimum absolute atomic E-state index is 0.171. The van der Waals surface area contributed by atoms with Gasteiger partial charge in [0.15, 0.2) is 0 Å². The average Bonchev–Trinajstić information content (AvgIpc) is 2.63. The fourth-order valence-corrected chi connectivity index (χ4v) is 3.16. The monoisotopic (exact) mass is 359 g/mol. The summed E-state index contributed by atoms with van der Waals surface area (Å²) in [5, 5.41) is 12.7. The van der Waals surface area contributed by atoms with E-state index in [1.807, 2.05) is 4.90 Å². The van der Waals surface area contributed by atoms with Gasteiger partial charge >= 0.3 is 0 Å². The molecule has 2 heterocycles. The Morgan fingerprint density at radius 3 is 2.96 bits per heavy atom. The molecular weight excluding hydrogens is 337 g/mol. The van der Waals surface area contributed by atoms with Gasteiger partial charge in [-0.1, -0.05) is 18.2 Å². The van der Waals surface area contributed by atoms with E-state index in [4.69, 9.17) is 4.74 Å². The van der Waals surface area contributed by atoms with Crippen LogP contribution in [0.3, 0.4) is 0 Å². The van der Waals surface area contributed by atoms with Crippen LogP contribution in [0.5, 0.6) is 0 Å². The highest BCUT2D eigenvalue weighted by atomic mass is 19.1. The van der Waals surface area contributed by atoms with E-state index in [0.717, 1.165) is 5.56 Å². The lowest BCUT2D eigenvalue weighted by atomic mass is 9.93. The summed E-state index contributed by atoms with van der Waals surface area (Å²) in [6.07, 6.45) is 1.99. The van der Waals surface area contributed by atoms with Crippen LogP contribution in [0.2, 0.25) is 0 Å². The number of halogens is 1. The molecule has 1 atom stereocenters. The number of benzene rings is 1. The maximum Gasteiger partial charge on any atom is 0.239 e. The minimum Gasteiger partial charge on any atom is -0.393 e. The molecule has 6 nitrogen and oxygen atoms in total. The second-order valence-electron chi connectivity index (χ2n) is 6.47. The molecule has 2 N–H and O–H groups in total. The molecule has 7 heteroatoms. The number of ether oxygens (including phenoxy) is 1. The van der Waals surface area contributed by atoms with Gasteiger partial charge in [-0.25, -0.2) is 9.37 Å². The van der Waals surface area contributed by atoms with Crippen molar-refractivity contribution in [1.29, 1.82) is 0 Å². The van der Waals surface area contributed by atoms with Crippen molar-refractivity contribution in [2.24, 2.45) is 0 Å². The number of carbonyl (C=O) groups is 1. The van der Waals surface area contributed by atoms with Crippen LogP contribution in [0.25, 0.3) is 0 Å². The predicted octanol–water partition coefficient (Wildman–Crippen LogP) is 1.47. The summed E-state index contributed by atoms with van der Waals surface area (Å²) in [5.74, 6) is 0.000122. The molecule has 0 aliphatic carbocycles. The highest BCUT2D eigenvalue weighted by Crippen LogP contribution is 2.23. The molecule has 1 aliphatic rings. The van der Waals surface area contributed by atoms with Crippen LogP contribution in [-0.2, 0) is 16.0 Å². The molecule has 1 aliphatic heterocycles. The zero-order valence-corrected chi connectivity index (χ0v) is 14.4. The van der Waals surface area contributed by atoms with E-state index in [9.17, 15) is 14.3 Å². The van der Waals surface area contributed by atoms with E-state index in [1.165, 1.54) is 12.1 Å². The summed E-state index contributed by atoms with van der Waals surface area (Å²) < 4.78 is 19.3. The quantitative estimate of drug-likeness (QED) is 0.817. The van der Waals surface area contributed by atoms with Crippen LogP contribution in [0.4, 0.5) is 10.2 Å². The molecule has 26 heavy (non-hydrogen) atoms. The number of nitrogens with one attached hydrogen (secondary N) is 1. The van der Waals surface area contributed by atoms with Gasteiger partial charge in [-0.15, -0.1) is 0 Å². The number of rotatable bonds is 6. The maximum absolute atomic E-state index is 13.4. The number of anilines is 1. The summed E-state index contributed by atoms with van der Waals surface area (Å²) in [7, 11) is 0. The third kappa shape index (κ3) is 4.85. The van der Waals surface area contributed by atoms with Crippen molar-refractivity contribution >= 4 is 11.7 Å². The number of hydrogen-bond acceptors (Lipinski definition) is 5. The van der Waals surface area contributed by atoms with Gasteiger partial charge in [0.1, 0.15) is 17.2 Å². The number of hydrogen-bond donors (Lipinski definition) is 2. The zero-order chi connectivity index (χ0) is 18.4. The van der Waals surface area contributed by atoms with Gasteiger partial charge in [0.05, 0.1) is 19.8 Å². The van der Waals surface area contributed by atoms with Gasteiger partial charge in [0.2, 0.25) is 5.91 Å². The van der Waals surface area contributed by atoms with Crippen LogP contribution in [-0.4, -0.2) is 59.3 Å². The zero-order valence-electron chi connectivity index (χ0n) is 14.4. The third-order valence-electron chi connectivity index (χ3n) is 4.33. The Balaban J connectivity index is 1.62. The van der Waals surface area contributed by atoms with E-state index in [0.29, 0.717) is 31.9 Å². The highest BCUT2D eigenvalue weighted by Gasteiger charge is 2.37. The number of carbonyl (C=O) groups excluding carboxylic acids is 1. The summed E-state index contributed by atoms with van der Waals surface area (Å²) in [5.41, 5.74) is -0.101. The lowest BCUT2D eigenvalue weighted by Crippen LogP contribution is -2.56. The van der Waals surface area contributed by atoms with Gasteiger partial charge in [-0.2, -0.15) is 0 Å². The van der Waals surface area contributed by atoms with Crippen molar-refractivity contribution in [3.05, 3.63) is 60.0 Å². The largest absolute Gasteiger partial charge is 0.393 e. The topological polar surface area (TPSA) is 74.7 Å². The van der Waals surface area contributed by atoms with Gasteiger partial charge < -0.3 is 15.2 Å². The summed E-state index contributed by atoms with van der Waals surface area (Å²) in [6, 6.07) is 11.6. The van der Waals surface area contributed by atoms with E-state index < -0.39 is 5.60 Å². The van der Waals surface area contributed by atoms with Crippen molar-refractivity contribution in [3.8, 4) is 0 Å². The molecule has 1 fully saturated rings. The van der Waals surface area contributed by atoms with Crippen LogP contribution < -0.4 is 5.32 Å². The molecule has 0 bridgehead atoms. The average molecular weight is 359 g/mol. The van der Waals surface area contributed by atoms with E-state index in [-0.39, 0.29) is 24.9 Å². The minimum atomic E-state index is -0.850. The van der Waals surface area contributed by atoms with Crippen LogP contribution in [0.1, 0.15) is 5.56 Å². The van der Waals surface area contributed by atoms with Crippen molar-refractivity contribution in [2.45, 2.75) is 12.0 Å². The van der Waals surface area contributed by atoms with Gasteiger partial charge in [-0.05, 0) is 29.8 Å². The summed E-state index contributed by atoms with van der Waals surface area (Å²) in [6.45, 7) is 1.33. The van der Waals surface area contributed by atoms with E-state index in [2.05, 4.69) is 10.3 Å². The van der Waals surface area contributed by atoms with E-state index >= 15 is 0 Å². The summed E-state index contributed by atoms with van der Waals surface area (Å²) >= 11 is 0. The van der Waals surface area contributed by atoms with Gasteiger partial charge in [-0.3, -0.25) is 9.69 Å². The number of aromatic nitrogens is 1. The molecule has 2 aromatic rings. The smallest absolute Gasteiger partial charge is 0.239 e. The first kappa shape index (κ1) is 18.4. The Bertz CT molecular complexity index is 744. The van der Waals surface area contributed by atoms with Crippen LogP contribution in [0.15, 0.2) is 48.7 Å². The van der Waals surface area contributed by atoms with Crippen molar-refractivity contribution in [3.63, 3.8) is 0 Å². The third-order valence-corrected chi connectivity index (χ3v) is 4.33. The summed E-state index contributed by atoms with van der Waals surface area (Å²) in [4.78, 5) is 18.2. The molecule has 3 rings (SSSR count). The number of pyridine rings is 1. The molecule has 0 radical (unpaired) electrons. The Hall–Kier alpha value is -2.35. The first-order valence-electron chi connectivity index (χ1n) is 8.51. The number of amides is 1. The molecule has 1 saturated heterocycles. The molecule has 1 aromatic carbocycles. The van der Waals surface area contributed by atoms with Crippen molar-refractivity contribution in [2.75, 3.05) is 38.2 Å². The molecule has 138 valence electrons. The number of morpholine rings is 1. The second kappa shape index (κ2) is 8.35. The molecule has 1 aromatic heterocycles. The molecule has 1 amide bonds. The van der Waals surface area contributed by atoms with Crippen LogP contribution in [0, 0.1) is 5.82 Å². The normalized spacial score (nSPS) is 20.7.